The molecular weight excluding hydrogens is 210 g/mol. The van der Waals surface area contributed by atoms with Crippen LogP contribution in [0.15, 0.2) is 12.5 Å². The van der Waals surface area contributed by atoms with Crippen molar-refractivity contribution in [3.05, 3.63) is 18.2 Å². The number of nitrogens with zero attached hydrogens (tertiary/aromatic N) is 2. The van der Waals surface area contributed by atoms with Gasteiger partial charge in [-0.25, -0.2) is 4.98 Å². The maximum absolute atomic E-state index is 4.42. The lowest BCUT2D eigenvalue weighted by atomic mass is 9.94. The molecule has 2 heterocycles. The lowest BCUT2D eigenvalue weighted by Crippen LogP contribution is -2.28. The van der Waals surface area contributed by atoms with Crippen molar-refractivity contribution in [3.8, 4) is 0 Å². The highest BCUT2D eigenvalue weighted by Gasteiger charge is 2.28. The lowest BCUT2D eigenvalue weighted by molar-refractivity contribution is 0.370. The molecule has 2 unspecified atom stereocenters. The van der Waals surface area contributed by atoms with Crippen LogP contribution in [0.5, 0.6) is 0 Å². The molecule has 0 radical (unpaired) electrons. The molecule has 1 aromatic heterocycles. The van der Waals surface area contributed by atoms with Gasteiger partial charge in [0.1, 0.15) is 0 Å². The van der Waals surface area contributed by atoms with Gasteiger partial charge in [0.05, 0.1) is 6.33 Å². The average molecular weight is 233 g/mol. The quantitative estimate of drug-likeness (QED) is 0.851. The van der Waals surface area contributed by atoms with Gasteiger partial charge in [-0.15, -0.1) is 0 Å². The topological polar surface area (TPSA) is 29.9 Å². The molecule has 1 aromatic rings. The molecule has 1 aliphatic heterocycles. The van der Waals surface area contributed by atoms with Gasteiger partial charge >= 0.3 is 0 Å². The predicted octanol–water partition coefficient (Wildman–Crippen LogP) is 2.71. The van der Waals surface area contributed by atoms with Gasteiger partial charge in [-0.05, 0) is 44.7 Å². The number of imidazole rings is 1. The smallest absolute Gasteiger partial charge is 0.0950 e. The van der Waals surface area contributed by atoms with E-state index in [2.05, 4.69) is 34.3 Å². The average Bonchev–Trinajstić information content (AvgIpc) is 2.98. The fourth-order valence-electron chi connectivity index (χ4n) is 3.56. The van der Waals surface area contributed by atoms with Crippen molar-refractivity contribution in [2.75, 3.05) is 13.1 Å². The first-order valence-electron chi connectivity index (χ1n) is 7.08. The summed E-state index contributed by atoms with van der Waals surface area (Å²) in [6, 6.07) is 0.711. The number of rotatable bonds is 2. The van der Waals surface area contributed by atoms with Crippen LogP contribution in [-0.2, 0) is 0 Å². The molecule has 2 fully saturated rings. The normalized spacial score (nSPS) is 30.9. The first-order chi connectivity index (χ1) is 8.36. The van der Waals surface area contributed by atoms with E-state index in [0.717, 1.165) is 24.9 Å². The molecule has 2 atom stereocenters. The molecular formula is C14H23N3. The first-order valence-corrected chi connectivity index (χ1v) is 7.08. The van der Waals surface area contributed by atoms with Crippen molar-refractivity contribution >= 4 is 0 Å². The third-order valence-corrected chi connectivity index (χ3v) is 4.63. The van der Waals surface area contributed by atoms with E-state index >= 15 is 0 Å². The van der Waals surface area contributed by atoms with Gasteiger partial charge < -0.3 is 9.88 Å². The number of piperidine rings is 1. The van der Waals surface area contributed by atoms with E-state index in [4.69, 9.17) is 0 Å². The van der Waals surface area contributed by atoms with Crippen LogP contribution in [0, 0.1) is 5.92 Å². The largest absolute Gasteiger partial charge is 0.331 e. The standard InChI is InChI=1S/C14H23N3/c1-11-3-2-4-13(11)17-10-16-9-14(17)12-5-7-15-8-6-12/h9-13,15H,2-8H2,1H3. The molecule has 1 saturated heterocycles. The molecule has 17 heavy (non-hydrogen) atoms. The summed E-state index contributed by atoms with van der Waals surface area (Å²) in [5, 5.41) is 3.44. The second kappa shape index (κ2) is 4.81. The van der Waals surface area contributed by atoms with Crippen LogP contribution in [0.4, 0.5) is 0 Å². The Balaban J connectivity index is 1.82. The molecule has 3 rings (SSSR count). The summed E-state index contributed by atoms with van der Waals surface area (Å²) in [4.78, 5) is 4.42. The predicted molar refractivity (Wildman–Crippen MR) is 69.1 cm³/mol. The Morgan fingerprint density at radius 1 is 1.24 bits per heavy atom. The minimum absolute atomic E-state index is 0.711. The maximum Gasteiger partial charge on any atom is 0.0950 e. The molecule has 0 aromatic carbocycles. The molecule has 1 saturated carbocycles. The van der Waals surface area contributed by atoms with Crippen LogP contribution in [0.25, 0.3) is 0 Å². The Labute approximate surface area is 104 Å². The van der Waals surface area contributed by atoms with Crippen molar-refractivity contribution in [3.63, 3.8) is 0 Å². The molecule has 0 spiro atoms. The maximum atomic E-state index is 4.42. The molecule has 3 heteroatoms. The van der Waals surface area contributed by atoms with E-state index in [-0.39, 0.29) is 0 Å². The van der Waals surface area contributed by atoms with E-state index in [0.29, 0.717) is 6.04 Å². The number of nitrogens with one attached hydrogen (secondary N) is 1. The van der Waals surface area contributed by atoms with E-state index in [1.54, 1.807) is 0 Å². The van der Waals surface area contributed by atoms with Crippen LogP contribution in [-0.4, -0.2) is 22.6 Å². The Hall–Kier alpha value is -0.830. The highest BCUT2D eigenvalue weighted by molar-refractivity contribution is 5.10. The van der Waals surface area contributed by atoms with E-state index in [9.17, 15) is 0 Å². The van der Waals surface area contributed by atoms with Gasteiger partial charge in [0.25, 0.3) is 0 Å². The summed E-state index contributed by atoms with van der Waals surface area (Å²) in [6.07, 6.45) is 10.8. The molecule has 0 bridgehead atoms. The lowest BCUT2D eigenvalue weighted by Gasteiger charge is -2.27. The van der Waals surface area contributed by atoms with E-state index in [1.165, 1.54) is 37.8 Å². The zero-order valence-corrected chi connectivity index (χ0v) is 10.7. The van der Waals surface area contributed by atoms with Gasteiger partial charge in [0.15, 0.2) is 0 Å². The number of hydrogen-bond donors (Lipinski definition) is 1. The molecule has 1 N–H and O–H groups in total. The Bertz CT molecular complexity index is 365. The third kappa shape index (κ3) is 2.13. The first kappa shape index (κ1) is 11.3. The van der Waals surface area contributed by atoms with Gasteiger partial charge in [0, 0.05) is 23.9 Å². The fourth-order valence-corrected chi connectivity index (χ4v) is 3.56. The number of aromatic nitrogens is 2. The van der Waals surface area contributed by atoms with Crippen molar-refractivity contribution in [1.29, 1.82) is 0 Å². The highest BCUT2D eigenvalue weighted by Crippen LogP contribution is 2.38. The molecule has 1 aliphatic carbocycles. The summed E-state index contributed by atoms with van der Waals surface area (Å²) < 4.78 is 2.49. The molecule has 94 valence electrons. The second-order valence-electron chi connectivity index (χ2n) is 5.73. The monoisotopic (exact) mass is 233 g/mol. The van der Waals surface area contributed by atoms with Crippen molar-refractivity contribution in [1.82, 2.24) is 14.9 Å². The van der Waals surface area contributed by atoms with E-state index < -0.39 is 0 Å². The summed E-state index contributed by atoms with van der Waals surface area (Å²) in [6.45, 7) is 4.72. The Morgan fingerprint density at radius 3 is 2.76 bits per heavy atom. The zero-order valence-electron chi connectivity index (χ0n) is 10.7. The van der Waals surface area contributed by atoms with Crippen LogP contribution in [0.2, 0.25) is 0 Å². The van der Waals surface area contributed by atoms with Crippen molar-refractivity contribution < 1.29 is 0 Å². The summed E-state index contributed by atoms with van der Waals surface area (Å²) in [5.41, 5.74) is 1.49. The highest BCUT2D eigenvalue weighted by atomic mass is 15.1. The Kier molecular flexibility index (Phi) is 3.19. The summed E-state index contributed by atoms with van der Waals surface area (Å²) in [5.74, 6) is 1.55. The van der Waals surface area contributed by atoms with Gasteiger partial charge in [0.2, 0.25) is 0 Å². The minimum Gasteiger partial charge on any atom is -0.331 e. The second-order valence-corrected chi connectivity index (χ2v) is 5.73. The fraction of sp³-hybridized carbons (Fsp3) is 0.786. The van der Waals surface area contributed by atoms with Crippen LogP contribution < -0.4 is 5.32 Å². The van der Waals surface area contributed by atoms with Crippen molar-refractivity contribution in [2.45, 2.75) is 51.0 Å². The van der Waals surface area contributed by atoms with Crippen molar-refractivity contribution in [2.24, 2.45) is 5.92 Å². The number of hydrogen-bond acceptors (Lipinski definition) is 2. The van der Waals surface area contributed by atoms with Crippen LogP contribution >= 0.6 is 0 Å². The molecule has 2 aliphatic rings. The minimum atomic E-state index is 0.711. The molecule has 0 amide bonds. The SMILES string of the molecule is CC1CCCC1n1cncc1C1CCNCC1. The third-order valence-electron chi connectivity index (χ3n) is 4.63. The van der Waals surface area contributed by atoms with Crippen LogP contribution in [0.1, 0.15) is 56.7 Å². The van der Waals surface area contributed by atoms with Gasteiger partial charge in [-0.2, -0.15) is 0 Å². The zero-order chi connectivity index (χ0) is 11.7. The molecule has 3 nitrogen and oxygen atoms in total. The van der Waals surface area contributed by atoms with E-state index in [1.807, 2.05) is 0 Å². The van der Waals surface area contributed by atoms with Gasteiger partial charge in [-0.3, -0.25) is 0 Å². The Morgan fingerprint density at radius 2 is 2.06 bits per heavy atom. The summed E-state index contributed by atoms with van der Waals surface area (Å²) >= 11 is 0. The summed E-state index contributed by atoms with van der Waals surface area (Å²) in [7, 11) is 0. The van der Waals surface area contributed by atoms with Gasteiger partial charge in [-0.1, -0.05) is 13.3 Å². The van der Waals surface area contributed by atoms with Crippen LogP contribution in [0.3, 0.4) is 0 Å².